The summed E-state index contributed by atoms with van der Waals surface area (Å²) in [5, 5.41) is 8.79. The highest BCUT2D eigenvalue weighted by atomic mass is 32.2. The van der Waals surface area contributed by atoms with Crippen LogP contribution < -0.4 is 5.56 Å². The molecule has 0 spiro atoms. The molecule has 0 aliphatic carbocycles. The molecule has 0 saturated carbocycles. The first-order chi connectivity index (χ1) is 12.0. The number of hydrogen-bond donors (Lipinski definition) is 1. The Morgan fingerprint density at radius 2 is 2.08 bits per heavy atom. The van der Waals surface area contributed by atoms with E-state index in [0.717, 1.165) is 18.5 Å². The first kappa shape index (κ1) is 17.9. The van der Waals surface area contributed by atoms with Crippen LogP contribution in [0.2, 0.25) is 0 Å². The largest absolute Gasteiger partial charge is 0.372 e. The maximum absolute atomic E-state index is 12.5. The SMILES string of the molecule is CCCc1cc(=O)[nH]c2nnc(SCC(=O)N3C[C@@H](C)O[C@H](C)C3)n12. The number of nitrogens with one attached hydrogen (secondary N) is 1. The molecule has 0 aromatic carbocycles. The number of aryl methyl sites for hydroxylation is 1. The number of thioether (sulfide) groups is 1. The number of ether oxygens (including phenoxy) is 1. The number of carbonyl (C=O) groups excluding carboxylic acids is 1. The summed E-state index contributed by atoms with van der Waals surface area (Å²) in [7, 11) is 0. The van der Waals surface area contributed by atoms with Crippen molar-refractivity contribution in [3.63, 3.8) is 0 Å². The molecule has 0 radical (unpaired) electrons. The average Bonchev–Trinajstić information content (AvgIpc) is 2.94. The number of fused-ring (bicyclic) bond motifs is 1. The normalized spacial score (nSPS) is 21.0. The van der Waals surface area contributed by atoms with E-state index in [9.17, 15) is 9.59 Å². The van der Waals surface area contributed by atoms with Crippen LogP contribution in [0.25, 0.3) is 5.78 Å². The summed E-state index contributed by atoms with van der Waals surface area (Å²) in [6.45, 7) is 7.22. The fourth-order valence-corrected chi connectivity index (χ4v) is 3.97. The van der Waals surface area contributed by atoms with Crippen LogP contribution >= 0.6 is 11.8 Å². The standard InChI is InChI=1S/C16H23N5O3S/c1-4-5-12-6-13(22)17-15-18-19-16(21(12)15)25-9-14(23)20-7-10(2)24-11(3)8-20/h6,10-11H,4-5,7-9H2,1-3H3,(H,17,18,22)/t10-,11-/m1/s1. The van der Waals surface area contributed by atoms with Gasteiger partial charge in [0.25, 0.3) is 5.56 Å². The number of rotatable bonds is 5. The molecule has 1 saturated heterocycles. The predicted octanol–water partition coefficient (Wildman–Crippen LogP) is 1.10. The van der Waals surface area contributed by atoms with Crippen molar-refractivity contribution in [3.8, 4) is 0 Å². The van der Waals surface area contributed by atoms with Crippen molar-refractivity contribution < 1.29 is 9.53 Å². The van der Waals surface area contributed by atoms with Crippen molar-refractivity contribution in [2.45, 2.75) is 51.0 Å². The summed E-state index contributed by atoms with van der Waals surface area (Å²) in [5.74, 6) is 0.759. The van der Waals surface area contributed by atoms with Crippen molar-refractivity contribution in [1.82, 2.24) is 24.5 Å². The van der Waals surface area contributed by atoms with Crippen LogP contribution in [-0.4, -0.2) is 61.4 Å². The monoisotopic (exact) mass is 365 g/mol. The summed E-state index contributed by atoms with van der Waals surface area (Å²) >= 11 is 1.34. The molecule has 2 atom stereocenters. The smallest absolute Gasteiger partial charge is 0.252 e. The van der Waals surface area contributed by atoms with Gasteiger partial charge in [-0.15, -0.1) is 10.2 Å². The quantitative estimate of drug-likeness (QED) is 0.798. The highest BCUT2D eigenvalue weighted by molar-refractivity contribution is 7.99. The van der Waals surface area contributed by atoms with Gasteiger partial charge in [-0.3, -0.25) is 19.0 Å². The lowest BCUT2D eigenvalue weighted by Gasteiger charge is -2.35. The van der Waals surface area contributed by atoms with Crippen LogP contribution in [0.5, 0.6) is 0 Å². The van der Waals surface area contributed by atoms with Crippen LogP contribution in [0, 0.1) is 0 Å². The van der Waals surface area contributed by atoms with Crippen LogP contribution in [0.15, 0.2) is 16.0 Å². The fourth-order valence-electron chi connectivity index (χ4n) is 3.10. The van der Waals surface area contributed by atoms with Crippen LogP contribution in [0.4, 0.5) is 0 Å². The lowest BCUT2D eigenvalue weighted by molar-refractivity contribution is -0.140. The number of H-pyrrole nitrogens is 1. The van der Waals surface area contributed by atoms with E-state index < -0.39 is 0 Å². The lowest BCUT2D eigenvalue weighted by Crippen LogP contribution is -2.48. The van der Waals surface area contributed by atoms with Crippen LogP contribution in [0.1, 0.15) is 32.9 Å². The van der Waals surface area contributed by atoms with Gasteiger partial charge in [-0.1, -0.05) is 25.1 Å². The highest BCUT2D eigenvalue weighted by Crippen LogP contribution is 2.20. The number of aromatic nitrogens is 4. The Bertz CT molecular complexity index is 808. The van der Waals surface area contributed by atoms with Crippen molar-refractivity contribution in [2.75, 3.05) is 18.8 Å². The van der Waals surface area contributed by atoms with Crippen molar-refractivity contribution in [2.24, 2.45) is 0 Å². The second-order valence-corrected chi connectivity index (χ2v) is 7.30. The molecule has 1 fully saturated rings. The third-order valence-corrected chi connectivity index (χ3v) is 4.97. The molecule has 1 N–H and O–H groups in total. The first-order valence-corrected chi connectivity index (χ1v) is 9.49. The van der Waals surface area contributed by atoms with E-state index in [4.69, 9.17) is 4.74 Å². The maximum atomic E-state index is 12.5. The van der Waals surface area contributed by atoms with E-state index in [1.807, 2.05) is 23.1 Å². The third-order valence-electron chi connectivity index (χ3n) is 4.06. The minimum atomic E-state index is -0.188. The van der Waals surface area contributed by atoms with Gasteiger partial charge in [0, 0.05) is 24.8 Å². The van der Waals surface area contributed by atoms with Crippen molar-refractivity contribution >= 4 is 23.4 Å². The van der Waals surface area contributed by atoms with Gasteiger partial charge in [0.2, 0.25) is 11.7 Å². The Morgan fingerprint density at radius 3 is 2.76 bits per heavy atom. The molecule has 0 bridgehead atoms. The molecule has 3 rings (SSSR count). The topological polar surface area (TPSA) is 92.6 Å². The minimum Gasteiger partial charge on any atom is -0.372 e. The first-order valence-electron chi connectivity index (χ1n) is 8.51. The van der Waals surface area contributed by atoms with Gasteiger partial charge in [-0.05, 0) is 20.3 Å². The van der Waals surface area contributed by atoms with Crippen molar-refractivity contribution in [3.05, 3.63) is 22.1 Å². The Hall–Kier alpha value is -1.87. The van der Waals surface area contributed by atoms with E-state index in [1.54, 1.807) is 6.07 Å². The Labute approximate surface area is 150 Å². The minimum absolute atomic E-state index is 0.0489. The molecule has 2 aromatic heterocycles. The Morgan fingerprint density at radius 1 is 1.36 bits per heavy atom. The van der Waals surface area contributed by atoms with Gasteiger partial charge in [0.15, 0.2) is 5.16 Å². The zero-order valence-electron chi connectivity index (χ0n) is 14.7. The summed E-state index contributed by atoms with van der Waals surface area (Å²) in [5.41, 5.74) is 0.669. The van der Waals surface area contributed by atoms with Gasteiger partial charge in [0.05, 0.1) is 18.0 Å². The van der Waals surface area contributed by atoms with Gasteiger partial charge >= 0.3 is 0 Å². The molecule has 25 heavy (non-hydrogen) atoms. The Balaban J connectivity index is 1.75. The zero-order chi connectivity index (χ0) is 18.0. The third kappa shape index (κ3) is 4.04. The van der Waals surface area contributed by atoms with Crippen LogP contribution in [-0.2, 0) is 16.0 Å². The van der Waals surface area contributed by atoms with Crippen molar-refractivity contribution in [1.29, 1.82) is 0 Å². The van der Waals surface area contributed by atoms with Gasteiger partial charge in [0.1, 0.15) is 0 Å². The van der Waals surface area contributed by atoms with E-state index in [0.29, 0.717) is 24.0 Å². The summed E-state index contributed by atoms with van der Waals surface area (Å²) in [4.78, 5) is 28.7. The van der Waals surface area contributed by atoms with Gasteiger partial charge in [-0.25, -0.2) is 0 Å². The molecule has 136 valence electrons. The molecular formula is C16H23N5O3S. The summed E-state index contributed by atoms with van der Waals surface area (Å²) < 4.78 is 7.49. The maximum Gasteiger partial charge on any atom is 0.252 e. The second-order valence-electron chi connectivity index (χ2n) is 6.36. The molecule has 2 aromatic rings. The number of morpholine rings is 1. The molecule has 8 nitrogen and oxygen atoms in total. The molecular weight excluding hydrogens is 342 g/mol. The van der Waals surface area contributed by atoms with Gasteiger partial charge in [-0.2, -0.15) is 0 Å². The predicted molar refractivity (Wildman–Crippen MR) is 94.9 cm³/mol. The lowest BCUT2D eigenvalue weighted by atomic mass is 10.2. The fraction of sp³-hybridized carbons (Fsp3) is 0.625. The zero-order valence-corrected chi connectivity index (χ0v) is 15.5. The second kappa shape index (κ2) is 7.57. The Kier molecular flexibility index (Phi) is 5.43. The number of amides is 1. The van der Waals surface area contributed by atoms with E-state index in [-0.39, 0.29) is 29.4 Å². The molecule has 9 heteroatoms. The molecule has 1 amide bonds. The van der Waals surface area contributed by atoms with E-state index >= 15 is 0 Å². The van der Waals surface area contributed by atoms with E-state index in [1.165, 1.54) is 11.8 Å². The van der Waals surface area contributed by atoms with Gasteiger partial charge < -0.3 is 9.64 Å². The number of carbonyl (C=O) groups is 1. The molecule has 1 aliphatic rings. The number of hydrogen-bond acceptors (Lipinski definition) is 6. The summed E-state index contributed by atoms with van der Waals surface area (Å²) in [6, 6.07) is 1.57. The number of aromatic amines is 1. The molecule has 0 unspecified atom stereocenters. The average molecular weight is 365 g/mol. The molecule has 3 heterocycles. The highest BCUT2D eigenvalue weighted by Gasteiger charge is 2.26. The molecule has 1 aliphatic heterocycles. The van der Waals surface area contributed by atoms with Crippen LogP contribution in [0.3, 0.4) is 0 Å². The van der Waals surface area contributed by atoms with E-state index in [2.05, 4.69) is 22.1 Å². The number of nitrogens with zero attached hydrogens (tertiary/aromatic N) is 4. The summed E-state index contributed by atoms with van der Waals surface area (Å²) in [6.07, 6.45) is 1.75.